The molecular weight excluding hydrogens is 295 g/mol. The van der Waals surface area contributed by atoms with Gasteiger partial charge in [0.25, 0.3) is 0 Å². The van der Waals surface area contributed by atoms with Crippen molar-refractivity contribution in [2.45, 2.75) is 65.1 Å². The van der Waals surface area contributed by atoms with Crippen LogP contribution in [0.5, 0.6) is 0 Å². The zero-order valence-electron chi connectivity index (χ0n) is 13.3. The molecule has 0 heterocycles. The molecular formula is C16H24F3NO2. The van der Waals surface area contributed by atoms with Gasteiger partial charge in [-0.05, 0) is 38.0 Å². The van der Waals surface area contributed by atoms with Crippen molar-refractivity contribution in [2.75, 3.05) is 0 Å². The van der Waals surface area contributed by atoms with Crippen LogP contribution >= 0.6 is 0 Å². The van der Waals surface area contributed by atoms with Crippen molar-refractivity contribution in [1.29, 1.82) is 0 Å². The molecule has 1 amide bonds. The standard InChI is InChI=1S/C16H24F3NO2/c1-9(21)12-8-13(15(12,2)3)14(22)20-11-6-4-5-10(7-11)16(17,18)19/h10-13H,4-8H2,1-3H3,(H,20,22)/t10-,11+,12-,13+/m0/s1. The number of rotatable bonds is 3. The van der Waals surface area contributed by atoms with Crippen molar-refractivity contribution in [3.05, 3.63) is 0 Å². The van der Waals surface area contributed by atoms with Crippen LogP contribution in [0.1, 0.15) is 52.9 Å². The predicted molar refractivity (Wildman–Crippen MR) is 76.0 cm³/mol. The molecule has 2 saturated carbocycles. The fourth-order valence-corrected chi connectivity index (χ4v) is 3.98. The number of carbonyl (C=O) groups is 2. The number of hydrogen-bond donors (Lipinski definition) is 1. The second kappa shape index (κ2) is 5.85. The van der Waals surface area contributed by atoms with E-state index in [2.05, 4.69) is 5.32 Å². The fraction of sp³-hybridized carbons (Fsp3) is 0.875. The third-order valence-corrected chi connectivity index (χ3v) is 5.56. The number of amides is 1. The van der Waals surface area contributed by atoms with E-state index < -0.39 is 23.6 Å². The number of ketones is 1. The topological polar surface area (TPSA) is 46.2 Å². The Morgan fingerprint density at radius 2 is 1.73 bits per heavy atom. The van der Waals surface area contributed by atoms with E-state index >= 15 is 0 Å². The first-order valence-corrected chi connectivity index (χ1v) is 7.91. The van der Waals surface area contributed by atoms with Crippen molar-refractivity contribution >= 4 is 11.7 Å². The summed E-state index contributed by atoms with van der Waals surface area (Å²) in [5.74, 6) is -1.85. The molecule has 4 atom stereocenters. The highest BCUT2D eigenvalue weighted by Gasteiger charge is 2.54. The summed E-state index contributed by atoms with van der Waals surface area (Å²) >= 11 is 0. The maximum atomic E-state index is 12.8. The molecule has 0 bridgehead atoms. The Kier molecular flexibility index (Phi) is 4.60. The minimum absolute atomic E-state index is 0.0292. The van der Waals surface area contributed by atoms with E-state index in [9.17, 15) is 22.8 Å². The van der Waals surface area contributed by atoms with Gasteiger partial charge in [-0.3, -0.25) is 9.59 Å². The van der Waals surface area contributed by atoms with Gasteiger partial charge < -0.3 is 5.32 Å². The van der Waals surface area contributed by atoms with E-state index in [1.165, 1.54) is 6.92 Å². The third kappa shape index (κ3) is 3.30. The molecule has 6 heteroatoms. The summed E-state index contributed by atoms with van der Waals surface area (Å²) in [5.41, 5.74) is -0.409. The molecule has 1 N–H and O–H groups in total. The van der Waals surface area contributed by atoms with Gasteiger partial charge in [0.1, 0.15) is 5.78 Å². The molecule has 22 heavy (non-hydrogen) atoms. The highest BCUT2D eigenvalue weighted by Crippen LogP contribution is 2.51. The molecule has 0 aliphatic heterocycles. The summed E-state index contributed by atoms with van der Waals surface area (Å²) in [7, 11) is 0. The first-order valence-electron chi connectivity index (χ1n) is 7.91. The molecule has 0 aromatic carbocycles. The Bertz CT molecular complexity index is 459. The van der Waals surface area contributed by atoms with Crippen molar-refractivity contribution in [3.63, 3.8) is 0 Å². The van der Waals surface area contributed by atoms with Crippen molar-refractivity contribution in [3.8, 4) is 0 Å². The summed E-state index contributed by atoms with van der Waals surface area (Å²) in [6, 6.07) is -0.403. The lowest BCUT2D eigenvalue weighted by atomic mass is 9.53. The van der Waals surface area contributed by atoms with E-state index in [1.807, 2.05) is 13.8 Å². The SMILES string of the molecule is CC(=O)[C@@H]1C[C@H](C(=O)N[C@@H]2CCC[C@H](C(F)(F)F)C2)C1(C)C. The summed E-state index contributed by atoms with van der Waals surface area (Å²) < 4.78 is 38.4. The molecule has 0 aromatic heterocycles. The number of nitrogens with one attached hydrogen (secondary N) is 1. The first kappa shape index (κ1) is 17.3. The zero-order valence-corrected chi connectivity index (χ0v) is 13.3. The van der Waals surface area contributed by atoms with E-state index in [1.54, 1.807) is 0 Å². The molecule has 0 spiro atoms. The first-order chi connectivity index (χ1) is 10.0. The number of carbonyl (C=O) groups excluding carboxylic acids is 2. The molecule has 0 saturated heterocycles. The number of halogens is 3. The van der Waals surface area contributed by atoms with Gasteiger partial charge in [-0.1, -0.05) is 20.3 Å². The van der Waals surface area contributed by atoms with Crippen LogP contribution < -0.4 is 5.32 Å². The monoisotopic (exact) mass is 319 g/mol. The fourth-order valence-electron chi connectivity index (χ4n) is 3.98. The van der Waals surface area contributed by atoms with Gasteiger partial charge in [-0.15, -0.1) is 0 Å². The average molecular weight is 319 g/mol. The van der Waals surface area contributed by atoms with Gasteiger partial charge >= 0.3 is 6.18 Å². The Hall–Kier alpha value is -1.07. The third-order valence-electron chi connectivity index (χ3n) is 5.56. The Morgan fingerprint density at radius 3 is 2.23 bits per heavy atom. The zero-order chi connectivity index (χ0) is 16.7. The van der Waals surface area contributed by atoms with E-state index in [4.69, 9.17) is 0 Å². The molecule has 2 fully saturated rings. The van der Waals surface area contributed by atoms with Gasteiger partial charge in [-0.2, -0.15) is 13.2 Å². The van der Waals surface area contributed by atoms with Gasteiger partial charge in [0.15, 0.2) is 0 Å². The molecule has 2 aliphatic rings. The lowest BCUT2D eigenvalue weighted by Crippen LogP contribution is -2.56. The minimum Gasteiger partial charge on any atom is -0.353 e. The van der Waals surface area contributed by atoms with Crippen LogP contribution in [-0.4, -0.2) is 23.9 Å². The molecule has 3 nitrogen and oxygen atoms in total. The minimum atomic E-state index is -4.18. The summed E-state index contributed by atoms with van der Waals surface area (Å²) in [5, 5.41) is 2.79. The van der Waals surface area contributed by atoms with Crippen LogP contribution in [0.15, 0.2) is 0 Å². The Balaban J connectivity index is 1.92. The second-order valence-electron chi connectivity index (χ2n) is 7.38. The number of hydrogen-bond acceptors (Lipinski definition) is 2. The van der Waals surface area contributed by atoms with Crippen LogP contribution in [0.2, 0.25) is 0 Å². The van der Waals surface area contributed by atoms with Gasteiger partial charge in [-0.25, -0.2) is 0 Å². The van der Waals surface area contributed by atoms with Crippen LogP contribution in [-0.2, 0) is 9.59 Å². The Labute approximate surface area is 129 Å². The van der Waals surface area contributed by atoms with Crippen LogP contribution in [0.25, 0.3) is 0 Å². The van der Waals surface area contributed by atoms with Crippen molar-refractivity contribution < 1.29 is 22.8 Å². The summed E-state index contributed by atoms with van der Waals surface area (Å²) in [4.78, 5) is 23.8. The molecule has 0 unspecified atom stereocenters. The predicted octanol–water partition coefficient (Wildman–Crippen LogP) is 3.48. The number of alkyl halides is 3. The largest absolute Gasteiger partial charge is 0.391 e. The second-order valence-corrected chi connectivity index (χ2v) is 7.38. The van der Waals surface area contributed by atoms with Gasteiger partial charge in [0.05, 0.1) is 5.92 Å². The highest BCUT2D eigenvalue weighted by atomic mass is 19.4. The lowest BCUT2D eigenvalue weighted by Gasteiger charge is -2.50. The average Bonchev–Trinajstić information content (AvgIpc) is 2.36. The smallest absolute Gasteiger partial charge is 0.353 e. The normalized spacial score (nSPS) is 34.6. The van der Waals surface area contributed by atoms with Crippen molar-refractivity contribution in [2.24, 2.45) is 23.2 Å². The van der Waals surface area contributed by atoms with Crippen molar-refractivity contribution in [1.82, 2.24) is 5.32 Å². The van der Waals surface area contributed by atoms with Gasteiger partial charge in [0, 0.05) is 17.9 Å². The summed E-state index contributed by atoms with van der Waals surface area (Å²) in [6.45, 7) is 5.29. The maximum Gasteiger partial charge on any atom is 0.391 e. The lowest BCUT2D eigenvalue weighted by molar-refractivity contribution is -0.184. The molecule has 0 radical (unpaired) electrons. The highest BCUT2D eigenvalue weighted by molar-refractivity contribution is 5.87. The molecule has 126 valence electrons. The number of Topliss-reactive ketones (excluding diaryl/α,β-unsaturated/α-hetero) is 1. The van der Waals surface area contributed by atoms with E-state index in [-0.39, 0.29) is 36.4 Å². The summed E-state index contributed by atoms with van der Waals surface area (Å²) in [6.07, 6.45) is -2.47. The van der Waals surface area contributed by atoms with Gasteiger partial charge in [0.2, 0.25) is 5.91 Å². The van der Waals surface area contributed by atoms with Crippen LogP contribution in [0.4, 0.5) is 13.2 Å². The van der Waals surface area contributed by atoms with E-state index in [0.717, 1.165) is 0 Å². The molecule has 2 rings (SSSR count). The molecule has 0 aromatic rings. The Morgan fingerprint density at radius 1 is 1.09 bits per heavy atom. The molecule has 2 aliphatic carbocycles. The quantitative estimate of drug-likeness (QED) is 0.866. The maximum absolute atomic E-state index is 12.8. The van der Waals surface area contributed by atoms with Crippen LogP contribution in [0, 0.1) is 23.2 Å². The van der Waals surface area contributed by atoms with E-state index in [0.29, 0.717) is 19.3 Å². The van der Waals surface area contributed by atoms with Crippen LogP contribution in [0.3, 0.4) is 0 Å².